The van der Waals surface area contributed by atoms with Gasteiger partial charge in [0.1, 0.15) is 5.82 Å². The molecule has 2 rings (SSSR count). The summed E-state index contributed by atoms with van der Waals surface area (Å²) in [6, 6.07) is 13.4. The molecule has 2 aromatic carbocycles. The number of anilines is 1. The first kappa shape index (κ1) is 14.4. The first-order valence-corrected chi connectivity index (χ1v) is 7.98. The van der Waals surface area contributed by atoms with Crippen LogP contribution in [0.1, 0.15) is 18.5 Å². The van der Waals surface area contributed by atoms with E-state index in [9.17, 15) is 4.39 Å². The Morgan fingerprint density at radius 2 is 1.95 bits per heavy atom. The maximum atomic E-state index is 13.2. The Morgan fingerprint density at radius 1 is 1.21 bits per heavy atom. The predicted octanol–water partition coefficient (Wildman–Crippen LogP) is 5.48. The van der Waals surface area contributed by atoms with Crippen LogP contribution in [0.2, 0.25) is 0 Å². The number of benzene rings is 2. The smallest absolute Gasteiger partial charge is 0.137 e. The van der Waals surface area contributed by atoms with Crippen LogP contribution in [0.3, 0.4) is 0 Å². The molecule has 1 unspecified atom stereocenters. The van der Waals surface area contributed by atoms with Crippen LogP contribution in [0.5, 0.6) is 0 Å². The van der Waals surface area contributed by atoms with Gasteiger partial charge in [-0.3, -0.25) is 0 Å². The van der Waals surface area contributed by atoms with E-state index in [2.05, 4.69) is 46.6 Å². The molecule has 0 saturated carbocycles. The van der Waals surface area contributed by atoms with Crippen molar-refractivity contribution in [3.63, 3.8) is 0 Å². The third kappa shape index (κ3) is 3.51. The molecule has 0 aromatic heterocycles. The van der Waals surface area contributed by atoms with E-state index >= 15 is 0 Å². The van der Waals surface area contributed by atoms with Crippen molar-refractivity contribution in [1.82, 2.24) is 0 Å². The van der Waals surface area contributed by atoms with Crippen LogP contribution in [0.15, 0.2) is 51.8 Å². The first-order chi connectivity index (χ1) is 9.11. The van der Waals surface area contributed by atoms with E-state index in [0.717, 1.165) is 11.3 Å². The number of nitrogens with one attached hydrogen (secondary N) is 1. The number of rotatable bonds is 4. The average Bonchev–Trinajstić information content (AvgIpc) is 2.42. The van der Waals surface area contributed by atoms with E-state index in [1.165, 1.54) is 11.0 Å². The van der Waals surface area contributed by atoms with Crippen molar-refractivity contribution in [2.45, 2.75) is 17.9 Å². The highest BCUT2D eigenvalue weighted by atomic mass is 79.9. The Morgan fingerprint density at radius 3 is 2.63 bits per heavy atom. The highest BCUT2D eigenvalue weighted by Gasteiger charge is 2.09. The van der Waals surface area contributed by atoms with E-state index in [4.69, 9.17) is 0 Å². The van der Waals surface area contributed by atoms with Crippen LogP contribution in [0.25, 0.3) is 0 Å². The summed E-state index contributed by atoms with van der Waals surface area (Å²) >= 11 is 4.93. The van der Waals surface area contributed by atoms with Gasteiger partial charge in [-0.05, 0) is 58.9 Å². The lowest BCUT2D eigenvalue weighted by molar-refractivity contribution is 0.619. The monoisotopic (exact) mass is 339 g/mol. The topological polar surface area (TPSA) is 12.0 Å². The van der Waals surface area contributed by atoms with Gasteiger partial charge in [-0.25, -0.2) is 4.39 Å². The summed E-state index contributed by atoms with van der Waals surface area (Å²) in [6.45, 7) is 2.07. The molecule has 0 aliphatic carbocycles. The number of halogens is 2. The molecular weight excluding hydrogens is 325 g/mol. The van der Waals surface area contributed by atoms with Crippen molar-refractivity contribution < 1.29 is 4.39 Å². The van der Waals surface area contributed by atoms with Gasteiger partial charge in [0.2, 0.25) is 0 Å². The summed E-state index contributed by atoms with van der Waals surface area (Å²) in [6.07, 6.45) is 2.06. The van der Waals surface area contributed by atoms with Gasteiger partial charge in [-0.1, -0.05) is 18.2 Å². The maximum Gasteiger partial charge on any atom is 0.137 e. The van der Waals surface area contributed by atoms with Gasteiger partial charge >= 0.3 is 0 Å². The second kappa shape index (κ2) is 6.44. The Hall–Kier alpha value is -1.00. The SMILES string of the molecule is CSc1ccccc1NC(C)c1ccc(F)c(Br)c1. The molecule has 0 aliphatic heterocycles. The quantitative estimate of drug-likeness (QED) is 0.740. The number of hydrogen-bond donors (Lipinski definition) is 1. The van der Waals surface area contributed by atoms with Gasteiger partial charge in [0.05, 0.1) is 4.47 Å². The summed E-state index contributed by atoms with van der Waals surface area (Å²) in [7, 11) is 0. The van der Waals surface area contributed by atoms with E-state index in [1.807, 2.05) is 18.2 Å². The highest BCUT2D eigenvalue weighted by molar-refractivity contribution is 9.10. The molecule has 1 atom stereocenters. The molecule has 0 radical (unpaired) electrons. The second-order valence-corrected chi connectivity index (χ2v) is 5.94. The molecule has 0 fully saturated rings. The summed E-state index contributed by atoms with van der Waals surface area (Å²) in [5.74, 6) is -0.236. The molecule has 0 saturated heterocycles. The zero-order chi connectivity index (χ0) is 13.8. The maximum absolute atomic E-state index is 13.2. The van der Waals surface area contributed by atoms with Gasteiger partial charge < -0.3 is 5.32 Å². The lowest BCUT2D eigenvalue weighted by Crippen LogP contribution is -2.07. The number of thioether (sulfide) groups is 1. The Bertz CT molecular complexity index is 574. The van der Waals surface area contributed by atoms with E-state index in [1.54, 1.807) is 17.8 Å². The summed E-state index contributed by atoms with van der Waals surface area (Å²) in [4.78, 5) is 1.20. The van der Waals surface area contributed by atoms with E-state index in [0.29, 0.717) is 4.47 Å². The molecule has 1 nitrogen and oxygen atoms in total. The van der Waals surface area contributed by atoms with E-state index in [-0.39, 0.29) is 11.9 Å². The highest BCUT2D eigenvalue weighted by Crippen LogP contribution is 2.29. The van der Waals surface area contributed by atoms with Crippen molar-refractivity contribution in [3.8, 4) is 0 Å². The number of para-hydroxylation sites is 1. The molecule has 0 bridgehead atoms. The molecule has 0 spiro atoms. The second-order valence-electron chi connectivity index (χ2n) is 4.24. The van der Waals surface area contributed by atoms with Crippen molar-refractivity contribution in [2.24, 2.45) is 0 Å². The average molecular weight is 340 g/mol. The molecular formula is C15H15BrFNS. The fraction of sp³-hybridized carbons (Fsp3) is 0.200. The van der Waals surface area contributed by atoms with Crippen molar-refractivity contribution in [2.75, 3.05) is 11.6 Å². The van der Waals surface area contributed by atoms with Gasteiger partial charge in [-0.15, -0.1) is 11.8 Å². The standard InChI is InChI=1S/C15H15BrFNS/c1-10(11-7-8-13(17)12(16)9-11)18-14-5-3-4-6-15(14)19-2/h3-10,18H,1-2H3. The molecule has 19 heavy (non-hydrogen) atoms. The van der Waals surface area contributed by atoms with Crippen LogP contribution in [-0.4, -0.2) is 6.26 Å². The summed E-state index contributed by atoms with van der Waals surface area (Å²) < 4.78 is 13.7. The van der Waals surface area contributed by atoms with Gasteiger partial charge in [0, 0.05) is 16.6 Å². The lowest BCUT2D eigenvalue weighted by Gasteiger charge is -2.18. The minimum Gasteiger partial charge on any atom is -0.378 e. The molecule has 1 N–H and O–H groups in total. The third-order valence-electron chi connectivity index (χ3n) is 2.92. The van der Waals surface area contributed by atoms with Crippen LogP contribution in [0.4, 0.5) is 10.1 Å². The van der Waals surface area contributed by atoms with Crippen molar-refractivity contribution >= 4 is 33.4 Å². The van der Waals surface area contributed by atoms with Gasteiger partial charge in [0.25, 0.3) is 0 Å². The Balaban J connectivity index is 2.20. The van der Waals surface area contributed by atoms with E-state index < -0.39 is 0 Å². The van der Waals surface area contributed by atoms with Crippen LogP contribution < -0.4 is 5.32 Å². The fourth-order valence-electron chi connectivity index (χ4n) is 1.86. The predicted molar refractivity (Wildman–Crippen MR) is 84.4 cm³/mol. The normalized spacial score (nSPS) is 12.2. The summed E-state index contributed by atoms with van der Waals surface area (Å²) in [5, 5.41) is 3.46. The van der Waals surface area contributed by atoms with Crippen molar-refractivity contribution in [1.29, 1.82) is 0 Å². The van der Waals surface area contributed by atoms with Gasteiger partial charge in [0.15, 0.2) is 0 Å². The molecule has 100 valence electrons. The lowest BCUT2D eigenvalue weighted by atomic mass is 10.1. The first-order valence-electron chi connectivity index (χ1n) is 5.96. The van der Waals surface area contributed by atoms with Crippen LogP contribution in [0, 0.1) is 5.82 Å². The fourth-order valence-corrected chi connectivity index (χ4v) is 2.82. The molecule has 2 aromatic rings. The van der Waals surface area contributed by atoms with Crippen LogP contribution in [-0.2, 0) is 0 Å². The Kier molecular flexibility index (Phi) is 4.88. The Labute approximate surface area is 125 Å². The molecule has 0 heterocycles. The largest absolute Gasteiger partial charge is 0.378 e. The third-order valence-corrected chi connectivity index (χ3v) is 4.33. The van der Waals surface area contributed by atoms with Crippen molar-refractivity contribution in [3.05, 3.63) is 58.3 Å². The molecule has 4 heteroatoms. The minimum absolute atomic E-state index is 0.116. The number of hydrogen-bond acceptors (Lipinski definition) is 2. The molecule has 0 aliphatic rings. The zero-order valence-corrected chi connectivity index (χ0v) is 13.2. The van der Waals surface area contributed by atoms with Crippen LogP contribution >= 0.6 is 27.7 Å². The summed E-state index contributed by atoms with van der Waals surface area (Å²) in [5.41, 5.74) is 2.15. The minimum atomic E-state index is -0.236. The molecule has 0 amide bonds. The zero-order valence-electron chi connectivity index (χ0n) is 10.8. The van der Waals surface area contributed by atoms with Gasteiger partial charge in [-0.2, -0.15) is 0 Å².